The first kappa shape index (κ1) is 14.9. The zero-order chi connectivity index (χ0) is 15.2. The Morgan fingerprint density at radius 1 is 1.10 bits per heavy atom. The first-order valence-electron chi connectivity index (χ1n) is 5.87. The second-order valence-electron chi connectivity index (χ2n) is 3.94. The van der Waals surface area contributed by atoms with Crippen molar-refractivity contribution in [3.05, 3.63) is 59.9 Å². The highest BCUT2D eigenvalue weighted by Gasteiger charge is 2.10. The molecule has 0 amide bonds. The molecule has 0 fully saturated rings. The zero-order valence-electron chi connectivity index (χ0n) is 10.6. The van der Waals surface area contributed by atoms with E-state index in [2.05, 4.69) is 9.72 Å². The van der Waals surface area contributed by atoms with Gasteiger partial charge in [-0.25, -0.2) is 0 Å². The van der Waals surface area contributed by atoms with E-state index in [-0.39, 0.29) is 16.4 Å². The van der Waals surface area contributed by atoms with Crippen molar-refractivity contribution in [1.29, 1.82) is 5.26 Å². The first-order valence-corrected chi connectivity index (χ1v) is 6.25. The summed E-state index contributed by atoms with van der Waals surface area (Å²) in [6, 6.07) is 11.1. The molecule has 0 atom stereocenters. The van der Waals surface area contributed by atoms with Gasteiger partial charge in [0.2, 0.25) is 0 Å². The lowest BCUT2D eigenvalue weighted by Gasteiger charge is -2.07. The summed E-state index contributed by atoms with van der Waals surface area (Å²) in [5.74, 6) is 0.0284. The summed E-state index contributed by atoms with van der Waals surface area (Å²) in [7, 11) is 0. The molecule has 0 saturated carbocycles. The summed E-state index contributed by atoms with van der Waals surface area (Å²) in [5.41, 5.74) is 1.44. The van der Waals surface area contributed by atoms with Crippen LogP contribution in [0.3, 0.4) is 0 Å². The van der Waals surface area contributed by atoms with Gasteiger partial charge in [-0.05, 0) is 47.5 Å². The van der Waals surface area contributed by atoms with E-state index < -0.39 is 6.61 Å². The zero-order valence-corrected chi connectivity index (χ0v) is 11.4. The van der Waals surface area contributed by atoms with Gasteiger partial charge in [0.25, 0.3) is 0 Å². The minimum atomic E-state index is -2.88. The van der Waals surface area contributed by atoms with E-state index in [4.69, 9.17) is 11.6 Å². The van der Waals surface area contributed by atoms with Crippen molar-refractivity contribution in [3.8, 4) is 11.8 Å². The number of nitriles is 1. The number of nitrogens with zero attached hydrogens (tertiary/aromatic N) is 2. The molecule has 0 spiro atoms. The maximum Gasteiger partial charge on any atom is 0.387 e. The molecule has 106 valence electrons. The summed E-state index contributed by atoms with van der Waals surface area (Å²) < 4.78 is 28.4. The lowest BCUT2D eigenvalue weighted by Crippen LogP contribution is -2.01. The SMILES string of the molecule is N#C/C(=C(\Cl)c1ccc(OC(F)F)cc1)c1ccncc1. The van der Waals surface area contributed by atoms with Crippen molar-refractivity contribution >= 4 is 22.2 Å². The third-order valence-corrected chi connectivity index (χ3v) is 3.04. The third-order valence-electron chi connectivity index (χ3n) is 2.63. The second-order valence-corrected chi connectivity index (χ2v) is 4.32. The van der Waals surface area contributed by atoms with Gasteiger partial charge in [0.15, 0.2) is 0 Å². The van der Waals surface area contributed by atoms with Crippen molar-refractivity contribution in [1.82, 2.24) is 4.98 Å². The molecule has 0 bridgehead atoms. The van der Waals surface area contributed by atoms with E-state index in [0.717, 1.165) is 0 Å². The minimum absolute atomic E-state index is 0.0284. The van der Waals surface area contributed by atoms with E-state index >= 15 is 0 Å². The Kier molecular flexibility index (Phi) is 4.85. The highest BCUT2D eigenvalue weighted by molar-refractivity contribution is 6.53. The number of pyridine rings is 1. The molecule has 6 heteroatoms. The van der Waals surface area contributed by atoms with E-state index in [1.54, 1.807) is 24.5 Å². The Morgan fingerprint density at radius 2 is 1.71 bits per heavy atom. The summed E-state index contributed by atoms with van der Waals surface area (Å²) in [6.45, 7) is -2.88. The third kappa shape index (κ3) is 3.77. The molecular weight excluding hydrogens is 298 g/mol. The van der Waals surface area contributed by atoms with Crippen LogP contribution in [0.15, 0.2) is 48.8 Å². The number of hydrogen-bond acceptors (Lipinski definition) is 3. The topological polar surface area (TPSA) is 45.9 Å². The highest BCUT2D eigenvalue weighted by Crippen LogP contribution is 2.30. The van der Waals surface area contributed by atoms with Gasteiger partial charge in [0.05, 0.1) is 10.6 Å². The van der Waals surface area contributed by atoms with E-state index in [0.29, 0.717) is 11.1 Å². The fraction of sp³-hybridized carbons (Fsp3) is 0.0667. The van der Waals surface area contributed by atoms with Crippen molar-refractivity contribution in [3.63, 3.8) is 0 Å². The summed E-state index contributed by atoms with van der Waals surface area (Å²) >= 11 is 6.21. The van der Waals surface area contributed by atoms with Gasteiger partial charge < -0.3 is 4.74 Å². The number of rotatable bonds is 4. The highest BCUT2D eigenvalue weighted by atomic mass is 35.5. The van der Waals surface area contributed by atoms with E-state index in [1.165, 1.54) is 24.3 Å². The van der Waals surface area contributed by atoms with E-state index in [9.17, 15) is 14.0 Å². The monoisotopic (exact) mass is 306 g/mol. The number of benzene rings is 1. The molecule has 0 unspecified atom stereocenters. The lowest BCUT2D eigenvalue weighted by atomic mass is 10.0. The van der Waals surface area contributed by atoms with E-state index in [1.807, 2.05) is 6.07 Å². The van der Waals surface area contributed by atoms with Crippen molar-refractivity contribution in [2.24, 2.45) is 0 Å². The average molecular weight is 307 g/mol. The molecule has 0 aliphatic rings. The lowest BCUT2D eigenvalue weighted by molar-refractivity contribution is -0.0498. The van der Waals surface area contributed by atoms with Crippen LogP contribution in [0, 0.1) is 11.3 Å². The largest absolute Gasteiger partial charge is 0.435 e. The quantitative estimate of drug-likeness (QED) is 0.791. The fourth-order valence-corrected chi connectivity index (χ4v) is 1.96. The standard InChI is InChI=1S/C15H9ClF2N2O/c16-14(13(9-19)10-5-7-20-8-6-10)11-1-3-12(4-2-11)21-15(17)18/h1-8,15H/b14-13+. The maximum absolute atomic E-state index is 12.1. The number of alkyl halides is 2. The molecule has 0 aliphatic carbocycles. The summed E-state index contributed by atoms with van der Waals surface area (Å²) in [4.78, 5) is 3.87. The van der Waals surface area contributed by atoms with Gasteiger partial charge in [0.1, 0.15) is 11.8 Å². The van der Waals surface area contributed by atoms with Crippen LogP contribution in [0.4, 0.5) is 8.78 Å². The van der Waals surface area contributed by atoms with Crippen LogP contribution in [0.5, 0.6) is 5.75 Å². The molecular formula is C15H9ClF2N2O. The average Bonchev–Trinajstić information content (AvgIpc) is 2.49. The summed E-state index contributed by atoms with van der Waals surface area (Å²) in [6.07, 6.45) is 3.10. The molecule has 1 heterocycles. The van der Waals surface area contributed by atoms with Crippen LogP contribution in [0.25, 0.3) is 10.6 Å². The number of halogens is 3. The Hall–Kier alpha value is -2.45. The maximum atomic E-state index is 12.1. The molecule has 0 radical (unpaired) electrons. The van der Waals surface area contributed by atoms with Crippen LogP contribution in [0.2, 0.25) is 0 Å². The van der Waals surface area contributed by atoms with Gasteiger partial charge in [-0.2, -0.15) is 14.0 Å². The molecule has 2 rings (SSSR count). The van der Waals surface area contributed by atoms with Gasteiger partial charge in [-0.15, -0.1) is 0 Å². The van der Waals surface area contributed by atoms with Crippen LogP contribution >= 0.6 is 11.6 Å². The van der Waals surface area contributed by atoms with Crippen molar-refractivity contribution in [2.75, 3.05) is 0 Å². The van der Waals surface area contributed by atoms with Crippen LogP contribution in [-0.2, 0) is 0 Å². The summed E-state index contributed by atoms with van der Waals surface area (Å²) in [5, 5.41) is 9.48. The van der Waals surface area contributed by atoms with Gasteiger partial charge in [-0.3, -0.25) is 4.98 Å². The minimum Gasteiger partial charge on any atom is -0.435 e. The predicted octanol–water partition coefficient (Wildman–Crippen LogP) is 4.31. The molecule has 1 aromatic carbocycles. The molecule has 0 aliphatic heterocycles. The fourth-order valence-electron chi connectivity index (χ4n) is 1.69. The van der Waals surface area contributed by atoms with Crippen LogP contribution in [-0.4, -0.2) is 11.6 Å². The molecule has 2 aromatic rings. The smallest absolute Gasteiger partial charge is 0.387 e. The molecule has 3 nitrogen and oxygen atoms in total. The first-order chi connectivity index (χ1) is 10.1. The van der Waals surface area contributed by atoms with Gasteiger partial charge in [-0.1, -0.05) is 11.6 Å². The van der Waals surface area contributed by atoms with Gasteiger partial charge >= 0.3 is 6.61 Å². The molecule has 0 N–H and O–H groups in total. The molecule has 0 saturated heterocycles. The normalized spacial score (nSPS) is 11.8. The van der Waals surface area contributed by atoms with Crippen LogP contribution < -0.4 is 4.74 Å². The van der Waals surface area contributed by atoms with Crippen LogP contribution in [0.1, 0.15) is 11.1 Å². The van der Waals surface area contributed by atoms with Crippen molar-refractivity contribution < 1.29 is 13.5 Å². The van der Waals surface area contributed by atoms with Gasteiger partial charge in [0, 0.05) is 12.4 Å². The number of aromatic nitrogens is 1. The Labute approximate surface area is 125 Å². The molecule has 1 aromatic heterocycles. The Bertz CT molecular complexity index is 679. The number of ether oxygens (including phenoxy) is 1. The number of allylic oxidation sites excluding steroid dienone is 1. The second kappa shape index (κ2) is 6.82. The van der Waals surface area contributed by atoms with Crippen molar-refractivity contribution in [2.45, 2.75) is 6.61 Å². The Morgan fingerprint density at radius 3 is 2.24 bits per heavy atom. The molecule has 21 heavy (non-hydrogen) atoms. The number of hydrogen-bond donors (Lipinski definition) is 0. The predicted molar refractivity (Wildman–Crippen MR) is 75.6 cm³/mol. The Balaban J connectivity index is 2.35.